The lowest BCUT2D eigenvalue weighted by atomic mass is 9.99. The zero-order valence-electron chi connectivity index (χ0n) is 16.7. The van der Waals surface area contributed by atoms with Gasteiger partial charge >= 0.3 is 0 Å². The van der Waals surface area contributed by atoms with E-state index >= 15 is 0 Å². The third kappa shape index (κ3) is 6.72. The first kappa shape index (κ1) is 23.2. The van der Waals surface area contributed by atoms with Crippen LogP contribution in [0.25, 0.3) is 0 Å². The maximum Gasteiger partial charge on any atom is 0.194 e. The summed E-state index contributed by atoms with van der Waals surface area (Å²) in [5.74, 6) is 2.87. The monoisotopic (exact) mass is 478 g/mol. The number of hydrogen-bond donors (Lipinski definition) is 1. The number of ether oxygens (including phenoxy) is 1. The van der Waals surface area contributed by atoms with Crippen LogP contribution in [0.3, 0.4) is 0 Å². The van der Waals surface area contributed by atoms with Crippen molar-refractivity contribution in [2.24, 2.45) is 10.9 Å². The van der Waals surface area contributed by atoms with Crippen molar-refractivity contribution < 1.29 is 9.26 Å². The molecule has 1 aliphatic rings. The molecule has 1 atom stereocenters. The van der Waals surface area contributed by atoms with Crippen LogP contribution in [0.1, 0.15) is 64.3 Å². The number of aliphatic imine (C=N–C) groups is 1. The van der Waals surface area contributed by atoms with E-state index < -0.39 is 0 Å². The summed E-state index contributed by atoms with van der Waals surface area (Å²) in [6.07, 6.45) is 3.33. The molecule has 0 saturated carbocycles. The minimum atomic E-state index is 0. The molecule has 1 saturated heterocycles. The van der Waals surface area contributed by atoms with Gasteiger partial charge in [0.15, 0.2) is 11.7 Å². The van der Waals surface area contributed by atoms with Gasteiger partial charge in [0.2, 0.25) is 0 Å². The highest BCUT2D eigenvalue weighted by Crippen LogP contribution is 2.23. The van der Waals surface area contributed by atoms with Crippen LogP contribution >= 0.6 is 24.0 Å². The number of halogens is 1. The smallest absolute Gasteiger partial charge is 0.194 e. The van der Waals surface area contributed by atoms with Crippen LogP contribution in [-0.2, 0) is 11.3 Å². The fourth-order valence-corrected chi connectivity index (χ4v) is 3.33. The quantitative estimate of drug-likeness (QED) is 0.330. The van der Waals surface area contributed by atoms with Gasteiger partial charge in [-0.2, -0.15) is 0 Å². The Morgan fingerprint density at radius 2 is 2.15 bits per heavy atom. The predicted molar refractivity (Wildman–Crippen MR) is 116 cm³/mol. The van der Waals surface area contributed by atoms with Crippen LogP contribution < -0.4 is 5.32 Å². The number of aromatic nitrogens is 1. The number of nitrogens with one attached hydrogen (secondary N) is 1. The van der Waals surface area contributed by atoms with Crippen LogP contribution in [0, 0.1) is 5.92 Å². The molecule has 2 heterocycles. The van der Waals surface area contributed by atoms with Gasteiger partial charge in [-0.3, -0.25) is 0 Å². The zero-order valence-corrected chi connectivity index (χ0v) is 19.0. The molecule has 0 aromatic carbocycles. The van der Waals surface area contributed by atoms with Gasteiger partial charge < -0.3 is 19.5 Å². The van der Waals surface area contributed by atoms with Crippen molar-refractivity contribution in [3.05, 3.63) is 17.5 Å². The van der Waals surface area contributed by atoms with E-state index in [1.165, 1.54) is 0 Å². The van der Waals surface area contributed by atoms with Gasteiger partial charge in [0.25, 0.3) is 0 Å². The average Bonchev–Trinajstić information content (AvgIpc) is 3.28. The molecule has 6 nitrogen and oxygen atoms in total. The van der Waals surface area contributed by atoms with E-state index in [2.05, 4.69) is 42.2 Å². The molecule has 0 spiro atoms. The number of guanidine groups is 1. The van der Waals surface area contributed by atoms with Crippen molar-refractivity contribution in [1.82, 2.24) is 15.4 Å². The van der Waals surface area contributed by atoms with Crippen LogP contribution in [-0.4, -0.2) is 48.9 Å². The summed E-state index contributed by atoms with van der Waals surface area (Å²) in [6, 6.07) is 2.06. The molecular weight excluding hydrogens is 443 g/mol. The molecule has 0 bridgehead atoms. The van der Waals surface area contributed by atoms with Crippen molar-refractivity contribution in [3.8, 4) is 0 Å². The van der Waals surface area contributed by atoms with E-state index in [4.69, 9.17) is 14.3 Å². The molecule has 1 unspecified atom stereocenters. The lowest BCUT2D eigenvalue weighted by molar-refractivity contribution is 0.114. The predicted octanol–water partition coefficient (Wildman–Crippen LogP) is 4.02. The highest BCUT2D eigenvalue weighted by atomic mass is 127. The van der Waals surface area contributed by atoms with Gasteiger partial charge in [-0.15, -0.1) is 24.0 Å². The molecular formula is C19H35IN4O2. The topological polar surface area (TPSA) is 62.9 Å². The molecule has 1 N–H and O–H groups in total. The van der Waals surface area contributed by atoms with E-state index in [0.717, 1.165) is 69.5 Å². The Bertz CT molecular complexity index is 531. The van der Waals surface area contributed by atoms with Gasteiger partial charge in [-0.1, -0.05) is 19.0 Å². The molecule has 26 heavy (non-hydrogen) atoms. The molecule has 1 fully saturated rings. The number of rotatable bonds is 9. The first-order valence-corrected chi connectivity index (χ1v) is 9.78. The highest BCUT2D eigenvalue weighted by molar-refractivity contribution is 14.0. The van der Waals surface area contributed by atoms with E-state index in [0.29, 0.717) is 18.4 Å². The largest absolute Gasteiger partial charge is 0.381 e. The van der Waals surface area contributed by atoms with E-state index in [1.807, 2.05) is 6.92 Å². The minimum absolute atomic E-state index is 0. The van der Waals surface area contributed by atoms with E-state index in [-0.39, 0.29) is 24.0 Å². The van der Waals surface area contributed by atoms with Crippen molar-refractivity contribution >= 4 is 29.9 Å². The summed E-state index contributed by atoms with van der Waals surface area (Å²) in [4.78, 5) is 7.09. The maximum absolute atomic E-state index is 5.57. The second kappa shape index (κ2) is 12.5. The van der Waals surface area contributed by atoms with Gasteiger partial charge in [0.05, 0.1) is 12.3 Å². The van der Waals surface area contributed by atoms with Crippen LogP contribution in [0.4, 0.5) is 0 Å². The lowest BCUT2D eigenvalue weighted by Crippen LogP contribution is -2.40. The van der Waals surface area contributed by atoms with Gasteiger partial charge in [-0.05, 0) is 33.1 Å². The Morgan fingerprint density at radius 3 is 2.81 bits per heavy atom. The summed E-state index contributed by atoms with van der Waals surface area (Å²) in [5, 5.41) is 7.63. The number of nitrogens with zero attached hydrogens (tertiary/aromatic N) is 3. The normalized spacial score (nSPS) is 17.7. The molecule has 0 amide bonds. The fourth-order valence-electron chi connectivity index (χ4n) is 3.33. The maximum atomic E-state index is 5.57. The summed E-state index contributed by atoms with van der Waals surface area (Å²) >= 11 is 0. The van der Waals surface area contributed by atoms with Gasteiger partial charge in [-0.25, -0.2) is 4.99 Å². The van der Waals surface area contributed by atoms with Crippen molar-refractivity contribution in [1.29, 1.82) is 0 Å². The number of hydrogen-bond acceptors (Lipinski definition) is 4. The Labute approximate surface area is 175 Å². The third-order valence-electron chi connectivity index (χ3n) is 4.84. The van der Waals surface area contributed by atoms with E-state index in [9.17, 15) is 0 Å². The molecule has 7 heteroatoms. The highest BCUT2D eigenvalue weighted by Gasteiger charge is 2.25. The van der Waals surface area contributed by atoms with Crippen LogP contribution in [0.15, 0.2) is 15.6 Å². The molecule has 1 aliphatic heterocycles. The SMILES string of the molecule is CCNC(=NCc1cc(C(CC)CC)no1)N1CCC(COCC)C1.I. The third-order valence-corrected chi connectivity index (χ3v) is 4.84. The second-order valence-corrected chi connectivity index (χ2v) is 6.66. The fraction of sp³-hybridized carbons (Fsp3) is 0.789. The van der Waals surface area contributed by atoms with Crippen LogP contribution in [0.2, 0.25) is 0 Å². The Hall–Kier alpha value is -0.830. The Kier molecular flexibility index (Phi) is 11.2. The van der Waals surface area contributed by atoms with E-state index in [1.54, 1.807) is 0 Å². The average molecular weight is 478 g/mol. The lowest BCUT2D eigenvalue weighted by Gasteiger charge is -2.21. The molecule has 1 aromatic heterocycles. The first-order chi connectivity index (χ1) is 12.2. The van der Waals surface area contributed by atoms with Gasteiger partial charge in [0.1, 0.15) is 6.54 Å². The summed E-state index contributed by atoms with van der Waals surface area (Å²) in [7, 11) is 0. The van der Waals surface area contributed by atoms with Crippen molar-refractivity contribution in [2.45, 2.75) is 59.4 Å². The molecule has 0 radical (unpaired) electrons. The first-order valence-electron chi connectivity index (χ1n) is 9.78. The summed E-state index contributed by atoms with van der Waals surface area (Å²) < 4.78 is 11.1. The Balaban J connectivity index is 0.00000338. The molecule has 1 aromatic rings. The molecule has 2 rings (SSSR count). The summed E-state index contributed by atoms with van der Waals surface area (Å²) in [6.45, 7) is 13.6. The summed E-state index contributed by atoms with van der Waals surface area (Å²) in [5.41, 5.74) is 1.05. The van der Waals surface area contributed by atoms with Crippen molar-refractivity contribution in [2.75, 3.05) is 32.8 Å². The molecule has 0 aliphatic carbocycles. The second-order valence-electron chi connectivity index (χ2n) is 6.66. The minimum Gasteiger partial charge on any atom is -0.381 e. The zero-order chi connectivity index (χ0) is 18.1. The Morgan fingerprint density at radius 1 is 1.38 bits per heavy atom. The molecule has 150 valence electrons. The van der Waals surface area contributed by atoms with Crippen molar-refractivity contribution in [3.63, 3.8) is 0 Å². The number of likely N-dealkylation sites (tertiary alicyclic amines) is 1. The van der Waals surface area contributed by atoms with Crippen LogP contribution in [0.5, 0.6) is 0 Å². The standard InChI is InChI=1S/C19H34N4O2.HI/c1-5-16(6-2)18-11-17(25-22-18)12-21-19(20-7-3)23-10-9-15(13-23)14-24-8-4;/h11,15-16H,5-10,12-14H2,1-4H3,(H,20,21);1H. The van der Waals surface area contributed by atoms with Gasteiger partial charge in [0, 0.05) is 44.1 Å².